The number of hydrogen-bond donors (Lipinski definition) is 1. The average Bonchev–Trinajstić information content (AvgIpc) is 3.34. The van der Waals surface area contributed by atoms with Gasteiger partial charge < -0.3 is 19.0 Å². The number of carbonyl (C=O) groups is 3. The molecule has 0 saturated heterocycles. The molecule has 1 aliphatic carbocycles. The number of benzene rings is 1. The Bertz CT molecular complexity index is 1070. The van der Waals surface area contributed by atoms with E-state index < -0.39 is 23.6 Å². The minimum absolute atomic E-state index is 0. The molecule has 1 fully saturated rings. The molecule has 1 aliphatic rings. The zero-order valence-electron chi connectivity index (χ0n) is 23.3. The number of thioether (sulfide) groups is 1. The molecule has 1 atom stereocenters. The summed E-state index contributed by atoms with van der Waals surface area (Å²) >= 11 is 1.37. The molecular weight excluding hydrogens is 542 g/mol. The predicted octanol–water partition coefficient (Wildman–Crippen LogP) is 4.96. The Morgan fingerprint density at radius 1 is 1.15 bits per heavy atom. The highest BCUT2D eigenvalue weighted by atomic mass is 35.5. The monoisotopic (exact) mass is 581 g/mol. The Balaban J connectivity index is 0.00000533. The third-order valence-corrected chi connectivity index (χ3v) is 7.37. The summed E-state index contributed by atoms with van der Waals surface area (Å²) in [5.74, 6) is 0.647. The van der Waals surface area contributed by atoms with Gasteiger partial charge in [-0.1, -0.05) is 49.7 Å². The number of amides is 2. The summed E-state index contributed by atoms with van der Waals surface area (Å²) in [7, 11) is 3.94. The minimum Gasteiger partial charge on any atom is -0.410 e. The van der Waals surface area contributed by atoms with E-state index in [9.17, 15) is 14.4 Å². The van der Waals surface area contributed by atoms with Crippen molar-refractivity contribution in [3.63, 3.8) is 0 Å². The van der Waals surface area contributed by atoms with Gasteiger partial charge in [0.15, 0.2) is 0 Å². The van der Waals surface area contributed by atoms with Crippen LogP contribution in [-0.4, -0.2) is 76.4 Å². The molecule has 1 aromatic carbocycles. The lowest BCUT2D eigenvalue weighted by Gasteiger charge is -2.47. The van der Waals surface area contributed by atoms with E-state index in [4.69, 9.17) is 9.15 Å². The van der Waals surface area contributed by atoms with Gasteiger partial charge in [0.05, 0.1) is 0 Å². The second-order valence-corrected chi connectivity index (χ2v) is 11.5. The van der Waals surface area contributed by atoms with E-state index in [-0.39, 0.29) is 24.2 Å². The van der Waals surface area contributed by atoms with Crippen molar-refractivity contribution in [2.45, 2.75) is 76.2 Å². The van der Waals surface area contributed by atoms with Crippen molar-refractivity contribution in [2.75, 3.05) is 26.4 Å². The maximum Gasteiger partial charge on any atom is 0.414 e. The van der Waals surface area contributed by atoms with Crippen molar-refractivity contribution in [2.24, 2.45) is 5.92 Å². The number of rotatable bonds is 13. The van der Waals surface area contributed by atoms with Crippen LogP contribution in [0.4, 0.5) is 4.79 Å². The van der Waals surface area contributed by atoms with Gasteiger partial charge in [0.2, 0.25) is 12.2 Å². The first-order chi connectivity index (χ1) is 18.1. The van der Waals surface area contributed by atoms with Crippen molar-refractivity contribution >= 4 is 42.5 Å². The Morgan fingerprint density at radius 3 is 2.41 bits per heavy atom. The summed E-state index contributed by atoms with van der Waals surface area (Å²) in [5, 5.41) is 11.3. The van der Waals surface area contributed by atoms with E-state index in [1.807, 2.05) is 51.9 Å². The largest absolute Gasteiger partial charge is 0.414 e. The molecule has 10 nitrogen and oxygen atoms in total. The maximum absolute atomic E-state index is 13.7. The van der Waals surface area contributed by atoms with E-state index in [2.05, 4.69) is 15.5 Å². The van der Waals surface area contributed by atoms with Crippen LogP contribution in [0.15, 0.2) is 33.9 Å². The summed E-state index contributed by atoms with van der Waals surface area (Å²) in [4.78, 5) is 42.9. The number of halogens is 1. The second-order valence-electron chi connectivity index (χ2n) is 10.5. The molecule has 1 aromatic heterocycles. The topological polar surface area (TPSA) is 118 Å². The molecule has 3 rings (SSSR count). The highest BCUT2D eigenvalue weighted by Crippen LogP contribution is 2.34. The Labute approximate surface area is 241 Å². The number of ether oxygens (including phenoxy) is 1. The molecular formula is C27H40ClN5O5S. The van der Waals surface area contributed by atoms with Crippen LogP contribution in [0.5, 0.6) is 5.75 Å². The fourth-order valence-corrected chi connectivity index (χ4v) is 5.47. The summed E-state index contributed by atoms with van der Waals surface area (Å²) in [6, 6.07) is 6.26. The number of ketones is 1. The van der Waals surface area contributed by atoms with E-state index in [0.29, 0.717) is 36.6 Å². The van der Waals surface area contributed by atoms with Crippen molar-refractivity contribution in [1.82, 2.24) is 25.3 Å². The zero-order chi connectivity index (χ0) is 27.7. The quantitative estimate of drug-likeness (QED) is 0.151. The SMILES string of the molecule is Cc1ccc(OC(=O)NC2(N(C=O)C(CC(C)C)C(=O)c3nnc(SCCN(C)C)o3)CCCCC2)cc1.Cl. The smallest absolute Gasteiger partial charge is 0.410 e. The van der Waals surface area contributed by atoms with Gasteiger partial charge in [-0.3, -0.25) is 14.9 Å². The van der Waals surface area contributed by atoms with Crippen LogP contribution in [0, 0.1) is 12.8 Å². The summed E-state index contributed by atoms with van der Waals surface area (Å²) in [6.45, 7) is 6.72. The molecule has 1 heterocycles. The molecule has 1 unspecified atom stereocenters. The number of carbonyl (C=O) groups excluding carboxylic acids is 3. The molecule has 0 bridgehead atoms. The normalized spacial score (nSPS) is 15.4. The van der Waals surface area contributed by atoms with Gasteiger partial charge in [-0.25, -0.2) is 4.79 Å². The van der Waals surface area contributed by atoms with Crippen LogP contribution in [-0.2, 0) is 4.79 Å². The van der Waals surface area contributed by atoms with E-state index in [0.717, 1.165) is 37.1 Å². The maximum atomic E-state index is 13.7. The van der Waals surface area contributed by atoms with Crippen LogP contribution in [0.2, 0.25) is 0 Å². The number of aryl methyl sites for hydroxylation is 1. The van der Waals surface area contributed by atoms with Crippen LogP contribution in [0.1, 0.15) is 68.6 Å². The fourth-order valence-electron chi connectivity index (χ4n) is 4.61. The van der Waals surface area contributed by atoms with E-state index >= 15 is 0 Å². The molecule has 2 amide bonds. The Morgan fingerprint density at radius 2 is 1.82 bits per heavy atom. The van der Waals surface area contributed by atoms with E-state index in [1.165, 1.54) is 16.7 Å². The molecule has 0 aliphatic heterocycles. The van der Waals surface area contributed by atoms with Crippen LogP contribution in [0.3, 0.4) is 0 Å². The second kappa shape index (κ2) is 15.2. The number of hydrogen-bond acceptors (Lipinski definition) is 9. The molecule has 0 radical (unpaired) electrons. The Hall–Kier alpha value is -2.63. The highest BCUT2D eigenvalue weighted by Gasteiger charge is 2.46. The van der Waals surface area contributed by atoms with Gasteiger partial charge in [-0.2, -0.15) is 0 Å². The first-order valence-corrected chi connectivity index (χ1v) is 14.1. The number of Topliss-reactive ketones (excluding diaryl/α,β-unsaturated/α-hetero) is 1. The van der Waals surface area contributed by atoms with Crippen LogP contribution < -0.4 is 10.1 Å². The van der Waals surface area contributed by atoms with Crippen LogP contribution in [0.25, 0.3) is 0 Å². The molecule has 12 heteroatoms. The zero-order valence-corrected chi connectivity index (χ0v) is 25.0. The van der Waals surface area contributed by atoms with Crippen molar-refractivity contribution in [3.05, 3.63) is 35.7 Å². The molecule has 1 saturated carbocycles. The van der Waals surface area contributed by atoms with E-state index in [1.54, 1.807) is 12.1 Å². The number of nitrogens with one attached hydrogen (secondary N) is 1. The third kappa shape index (κ3) is 9.22. The van der Waals surface area contributed by atoms with Gasteiger partial charge in [0.25, 0.3) is 11.1 Å². The highest BCUT2D eigenvalue weighted by molar-refractivity contribution is 7.99. The van der Waals surface area contributed by atoms with Crippen LogP contribution >= 0.6 is 24.2 Å². The molecule has 2 aromatic rings. The molecule has 39 heavy (non-hydrogen) atoms. The Kier molecular flexibility index (Phi) is 12.7. The lowest BCUT2D eigenvalue weighted by Crippen LogP contribution is -2.65. The predicted molar refractivity (Wildman–Crippen MR) is 152 cm³/mol. The number of aromatic nitrogens is 2. The van der Waals surface area contributed by atoms with Gasteiger partial charge in [0, 0.05) is 12.3 Å². The van der Waals surface area contributed by atoms with Gasteiger partial charge in [-0.05, 0) is 71.2 Å². The third-order valence-electron chi connectivity index (χ3n) is 6.57. The van der Waals surface area contributed by atoms with Gasteiger partial charge in [0.1, 0.15) is 17.5 Å². The minimum atomic E-state index is -1.07. The lowest BCUT2D eigenvalue weighted by atomic mass is 9.85. The van der Waals surface area contributed by atoms with Gasteiger partial charge in [-0.15, -0.1) is 22.6 Å². The fraction of sp³-hybridized carbons (Fsp3) is 0.593. The standard InChI is InChI=1S/C27H39N5O5S.ClH/c1-19(2)17-22(23(34)24-29-30-26(37-24)38-16-15-31(4)5)32(18-33)27(13-7-6-8-14-27)28-25(35)36-21-11-9-20(3)10-12-21;/h9-12,18-19,22H,6-8,13-17H2,1-5H3,(H,28,35);1H. The first-order valence-electron chi connectivity index (χ1n) is 13.1. The lowest BCUT2D eigenvalue weighted by molar-refractivity contribution is -0.129. The van der Waals surface area contributed by atoms with Gasteiger partial charge >= 0.3 is 6.09 Å². The number of nitrogens with zero attached hydrogens (tertiary/aromatic N) is 4. The van der Waals surface area contributed by atoms with Crippen molar-refractivity contribution in [3.8, 4) is 5.75 Å². The average molecular weight is 582 g/mol. The molecule has 216 valence electrons. The van der Waals surface area contributed by atoms with Crippen molar-refractivity contribution < 1.29 is 23.5 Å². The summed E-state index contributed by atoms with van der Waals surface area (Å²) in [6.07, 6.45) is 3.94. The summed E-state index contributed by atoms with van der Waals surface area (Å²) < 4.78 is 11.2. The van der Waals surface area contributed by atoms with Crippen molar-refractivity contribution in [1.29, 1.82) is 0 Å². The molecule has 1 N–H and O–H groups in total. The first kappa shape index (κ1) is 32.6. The molecule has 0 spiro atoms. The summed E-state index contributed by atoms with van der Waals surface area (Å²) in [5.41, 5.74) is -0.0238.